The average Bonchev–Trinajstić information content (AvgIpc) is 3.87. The number of rotatable bonds is 9. The molecule has 0 atom stereocenters. The summed E-state index contributed by atoms with van der Waals surface area (Å²) in [6.07, 6.45) is 2.18. The molecule has 5 aromatic carbocycles. The minimum absolute atomic E-state index is 0. The molecule has 0 saturated carbocycles. The van der Waals surface area contributed by atoms with Gasteiger partial charge in [0.05, 0.1) is 36.2 Å². The second-order valence-corrected chi connectivity index (χ2v) is 23.1. The molecule has 323 valence electrons. The quantitative estimate of drug-likeness (QED) is 0.107. The molecule has 9 aromatic rings. The maximum absolute atomic E-state index is 8.59. The fraction of sp³-hybridized carbons (Fsp3) is 0.268. The molecule has 0 spiro atoms. The molecule has 0 N–H and O–H groups in total. The topological polar surface area (TPSA) is 56.7 Å². The SMILES string of the molecule is Cc1nccc2nc(-c3[c-]cc4oc5ccccc5c4c3)n(-c3c(C(C)C)cc(-c4ccccc4)cc3C(C)C)c12.[2H]C([2H])([2H])c1c[c-]c(-c2cc(C([2H])([2H])C(C)C)c([Si](C)(C)C)cn2)cc1.[Ir]. The predicted octanol–water partition coefficient (Wildman–Crippen LogP) is 14.6. The van der Waals surface area contributed by atoms with E-state index < -0.39 is 21.3 Å². The third kappa shape index (κ3) is 9.43. The molecule has 0 aliphatic heterocycles. The van der Waals surface area contributed by atoms with Crippen molar-refractivity contribution in [2.45, 2.75) is 93.2 Å². The standard InChI is InChI=1S/C37H32N3O.C19H26NSi.Ir/c1-22(2)29-20-27(25-11-7-6-8-12-25)21-30(23(3)4)36(29)40-35-24(5)38-18-17-32(35)39-37(40)26-15-16-34-31(19-26)28-13-9-10-14-33(28)41-34;1-14(2)11-17-12-18(16-9-7-15(3)8-10-16)20-13-19(17)21(4,5)6;/h6-14,16-23H,1-5H3;7-9,12-14H,11H2,1-6H3;/q2*-1;/i;3D3,11D2;. The van der Waals surface area contributed by atoms with Crippen LogP contribution in [0.3, 0.4) is 0 Å². The maximum Gasteiger partial charge on any atom is 0.120 e. The largest absolute Gasteiger partial charge is 0.500 e. The van der Waals surface area contributed by atoms with E-state index in [1.165, 1.54) is 34.0 Å². The van der Waals surface area contributed by atoms with Crippen molar-refractivity contribution >= 4 is 46.2 Å². The molecule has 0 amide bonds. The summed E-state index contributed by atoms with van der Waals surface area (Å²) in [7, 11) is -1.78. The third-order valence-corrected chi connectivity index (χ3v) is 13.3. The number of nitrogens with zero attached hydrogens (tertiary/aromatic N) is 4. The van der Waals surface area contributed by atoms with Gasteiger partial charge in [-0.3, -0.25) is 9.97 Å². The molecule has 7 heteroatoms. The van der Waals surface area contributed by atoms with Gasteiger partial charge in [0, 0.05) is 50.4 Å². The van der Waals surface area contributed by atoms with Gasteiger partial charge < -0.3 is 14.0 Å². The molecular formula is C56H58IrN4OSi-2. The van der Waals surface area contributed by atoms with Crippen molar-refractivity contribution in [1.29, 1.82) is 0 Å². The Morgan fingerprint density at radius 1 is 0.746 bits per heavy atom. The number of furan rings is 1. The van der Waals surface area contributed by atoms with E-state index in [4.69, 9.17) is 21.2 Å². The molecule has 0 bridgehead atoms. The number of aryl methyl sites for hydroxylation is 2. The maximum atomic E-state index is 8.59. The summed E-state index contributed by atoms with van der Waals surface area (Å²) in [5, 5.41) is 3.17. The van der Waals surface area contributed by atoms with Crippen molar-refractivity contribution in [2.75, 3.05) is 0 Å². The van der Waals surface area contributed by atoms with Crippen LogP contribution in [0.25, 0.3) is 72.4 Å². The first-order chi connectivity index (χ1) is 31.6. The van der Waals surface area contributed by atoms with Crippen LogP contribution < -0.4 is 5.19 Å². The predicted molar refractivity (Wildman–Crippen MR) is 264 cm³/mol. The molecule has 0 unspecified atom stereocenters. The van der Waals surface area contributed by atoms with Gasteiger partial charge in [0.25, 0.3) is 0 Å². The van der Waals surface area contributed by atoms with Gasteiger partial charge in [-0.25, -0.2) is 0 Å². The Morgan fingerprint density at radius 2 is 1.44 bits per heavy atom. The second-order valence-electron chi connectivity index (χ2n) is 18.1. The van der Waals surface area contributed by atoms with E-state index >= 15 is 0 Å². The van der Waals surface area contributed by atoms with E-state index in [0.717, 1.165) is 55.2 Å². The van der Waals surface area contributed by atoms with E-state index in [1.807, 2.05) is 50.4 Å². The van der Waals surface area contributed by atoms with E-state index in [2.05, 4.69) is 137 Å². The van der Waals surface area contributed by atoms with Crippen molar-refractivity contribution in [2.24, 2.45) is 5.92 Å². The Bertz CT molecular complexity index is 3210. The molecule has 0 saturated heterocycles. The van der Waals surface area contributed by atoms with Gasteiger partial charge in [-0.1, -0.05) is 134 Å². The Balaban J connectivity index is 0.000000220. The first kappa shape index (κ1) is 39.2. The van der Waals surface area contributed by atoms with Crippen LogP contribution in [0.4, 0.5) is 0 Å². The van der Waals surface area contributed by atoms with Crippen LogP contribution in [0.15, 0.2) is 126 Å². The van der Waals surface area contributed by atoms with Gasteiger partial charge in [0.2, 0.25) is 0 Å². The van der Waals surface area contributed by atoms with Crippen LogP contribution in [0.5, 0.6) is 0 Å². The number of imidazole rings is 1. The first-order valence-corrected chi connectivity index (χ1v) is 25.1. The summed E-state index contributed by atoms with van der Waals surface area (Å²) >= 11 is 0. The van der Waals surface area contributed by atoms with Crippen molar-refractivity contribution in [3.05, 3.63) is 162 Å². The Kier molecular flexibility index (Phi) is 11.6. The van der Waals surface area contributed by atoms with Gasteiger partial charge >= 0.3 is 0 Å². The summed E-state index contributed by atoms with van der Waals surface area (Å²) in [4.78, 5) is 14.5. The van der Waals surface area contributed by atoms with Crippen LogP contribution in [0, 0.1) is 31.8 Å². The zero-order valence-corrected chi connectivity index (χ0v) is 41.2. The van der Waals surface area contributed by atoms with Crippen molar-refractivity contribution in [3.8, 4) is 39.5 Å². The van der Waals surface area contributed by atoms with Crippen LogP contribution in [-0.4, -0.2) is 27.6 Å². The van der Waals surface area contributed by atoms with Crippen LogP contribution in [-0.2, 0) is 26.5 Å². The molecule has 5 nitrogen and oxygen atoms in total. The average molecular weight is 1030 g/mol. The molecule has 4 aromatic heterocycles. The molecule has 9 rings (SSSR count). The van der Waals surface area contributed by atoms with Crippen molar-refractivity contribution in [3.63, 3.8) is 0 Å². The smallest absolute Gasteiger partial charge is 0.120 e. The number of benzene rings is 5. The van der Waals surface area contributed by atoms with Gasteiger partial charge in [0.15, 0.2) is 0 Å². The molecule has 63 heavy (non-hydrogen) atoms. The van der Waals surface area contributed by atoms with Crippen molar-refractivity contribution < 1.29 is 31.4 Å². The van der Waals surface area contributed by atoms with Gasteiger partial charge in [0.1, 0.15) is 5.58 Å². The molecular weight excluding hydrogens is 965 g/mol. The van der Waals surface area contributed by atoms with Crippen LogP contribution in [0.1, 0.15) is 88.2 Å². The summed E-state index contributed by atoms with van der Waals surface area (Å²) < 4.78 is 48.0. The van der Waals surface area contributed by atoms with E-state index in [-0.39, 0.29) is 43.4 Å². The Morgan fingerprint density at radius 3 is 2.10 bits per heavy atom. The minimum atomic E-state index is -2.16. The van der Waals surface area contributed by atoms with Crippen LogP contribution in [0.2, 0.25) is 19.6 Å². The van der Waals surface area contributed by atoms with Crippen LogP contribution >= 0.6 is 0 Å². The number of hydrogen-bond acceptors (Lipinski definition) is 4. The number of fused-ring (bicyclic) bond motifs is 4. The molecule has 4 heterocycles. The summed E-state index contributed by atoms with van der Waals surface area (Å²) in [6.45, 7) is 19.3. The van der Waals surface area contributed by atoms with Crippen molar-refractivity contribution in [1.82, 2.24) is 19.5 Å². The van der Waals surface area contributed by atoms with Gasteiger partial charge in [-0.05, 0) is 88.5 Å². The fourth-order valence-electron chi connectivity index (χ4n) is 8.21. The summed E-state index contributed by atoms with van der Waals surface area (Å²) in [5.74, 6) is 1.27. The minimum Gasteiger partial charge on any atom is -0.500 e. The number of aromatic nitrogens is 4. The Hall–Kier alpha value is -5.46. The molecule has 1 radical (unpaired) electrons. The number of pyridine rings is 2. The zero-order valence-electron chi connectivity index (χ0n) is 42.8. The van der Waals surface area contributed by atoms with Gasteiger partial charge in [-0.2, -0.15) is 0 Å². The number of para-hydroxylation sites is 1. The monoisotopic (exact) mass is 1030 g/mol. The third-order valence-electron chi connectivity index (χ3n) is 11.3. The molecule has 0 fully saturated rings. The second kappa shape index (κ2) is 18.7. The Labute approximate surface area is 395 Å². The van der Waals surface area contributed by atoms with E-state index in [0.29, 0.717) is 16.8 Å². The molecule has 0 aliphatic carbocycles. The van der Waals surface area contributed by atoms with E-state index in [1.54, 1.807) is 18.3 Å². The fourth-order valence-corrected chi connectivity index (χ4v) is 9.61. The first-order valence-electron chi connectivity index (χ1n) is 24.1. The summed E-state index contributed by atoms with van der Waals surface area (Å²) in [6, 6.07) is 42.7. The molecule has 0 aliphatic rings. The zero-order chi connectivity index (χ0) is 48.2. The van der Waals surface area contributed by atoms with Gasteiger partial charge in [-0.15, -0.1) is 59.2 Å². The number of hydrogen-bond donors (Lipinski definition) is 0. The van der Waals surface area contributed by atoms with E-state index in [9.17, 15) is 0 Å². The normalized spacial score (nSPS) is 13.4. The summed E-state index contributed by atoms with van der Waals surface area (Å²) in [5.41, 5.74) is 14.0.